The topological polar surface area (TPSA) is 12.0 Å². The van der Waals surface area contributed by atoms with Crippen molar-refractivity contribution >= 4 is 0 Å². The summed E-state index contributed by atoms with van der Waals surface area (Å²) in [4.78, 5) is 0. The van der Waals surface area contributed by atoms with Gasteiger partial charge in [0.25, 0.3) is 0 Å². The van der Waals surface area contributed by atoms with E-state index in [4.69, 9.17) is 0 Å². The lowest BCUT2D eigenvalue weighted by Gasteiger charge is -2.34. The van der Waals surface area contributed by atoms with E-state index in [9.17, 15) is 0 Å². The third-order valence-corrected chi connectivity index (χ3v) is 4.40. The lowest BCUT2D eigenvalue weighted by molar-refractivity contribution is 0.202. The molecule has 3 atom stereocenters. The Labute approximate surface area is 102 Å². The first-order valence-corrected chi connectivity index (χ1v) is 7.34. The van der Waals surface area contributed by atoms with Crippen LogP contribution in [0, 0.1) is 17.8 Å². The van der Waals surface area contributed by atoms with Crippen LogP contribution >= 0.6 is 0 Å². The first-order valence-electron chi connectivity index (χ1n) is 7.34. The van der Waals surface area contributed by atoms with Crippen molar-refractivity contribution in [3.63, 3.8) is 0 Å². The van der Waals surface area contributed by atoms with Gasteiger partial charge in [-0.05, 0) is 50.5 Å². The second-order valence-corrected chi connectivity index (χ2v) is 6.07. The minimum Gasteiger partial charge on any atom is -0.317 e. The van der Waals surface area contributed by atoms with Crippen molar-refractivity contribution in [2.45, 2.75) is 71.8 Å². The fraction of sp³-hybridized carbons (Fsp3) is 1.00. The van der Waals surface area contributed by atoms with Crippen LogP contribution < -0.4 is 5.32 Å². The highest BCUT2D eigenvalue weighted by Gasteiger charge is 2.26. The summed E-state index contributed by atoms with van der Waals surface area (Å²) >= 11 is 0. The van der Waals surface area contributed by atoms with Crippen LogP contribution in [0.4, 0.5) is 0 Å². The van der Waals surface area contributed by atoms with Crippen molar-refractivity contribution in [1.82, 2.24) is 5.32 Å². The molecule has 0 saturated heterocycles. The molecule has 1 fully saturated rings. The molecule has 1 aliphatic carbocycles. The normalized spacial score (nSPS) is 28.3. The Bertz CT molecular complexity index is 176. The van der Waals surface area contributed by atoms with E-state index in [1.807, 2.05) is 0 Å². The Balaban J connectivity index is 2.38. The van der Waals surface area contributed by atoms with Gasteiger partial charge in [-0.25, -0.2) is 0 Å². The molecule has 0 radical (unpaired) electrons. The van der Waals surface area contributed by atoms with Crippen LogP contribution in [0.2, 0.25) is 0 Å². The van der Waals surface area contributed by atoms with Crippen LogP contribution in [0.3, 0.4) is 0 Å². The Morgan fingerprint density at radius 3 is 2.50 bits per heavy atom. The Morgan fingerprint density at radius 1 is 1.19 bits per heavy atom. The van der Waals surface area contributed by atoms with Gasteiger partial charge in [-0.1, -0.05) is 40.0 Å². The molecular weight excluding hydrogens is 194 g/mol. The quantitative estimate of drug-likeness (QED) is 0.713. The first kappa shape index (κ1) is 14.0. The van der Waals surface area contributed by atoms with Crippen molar-refractivity contribution in [2.24, 2.45) is 17.8 Å². The predicted octanol–water partition coefficient (Wildman–Crippen LogP) is 4.23. The molecule has 1 aliphatic rings. The van der Waals surface area contributed by atoms with E-state index in [0.29, 0.717) is 0 Å². The van der Waals surface area contributed by atoms with Gasteiger partial charge in [0, 0.05) is 6.04 Å². The van der Waals surface area contributed by atoms with Crippen LogP contribution in [0.5, 0.6) is 0 Å². The number of rotatable bonds is 6. The maximum Gasteiger partial charge on any atom is 0.00925 e. The molecule has 3 unspecified atom stereocenters. The summed E-state index contributed by atoms with van der Waals surface area (Å²) in [6.45, 7) is 7.03. The van der Waals surface area contributed by atoms with Gasteiger partial charge in [-0.3, -0.25) is 0 Å². The van der Waals surface area contributed by atoms with Crippen molar-refractivity contribution in [2.75, 3.05) is 7.05 Å². The molecule has 1 nitrogen and oxygen atoms in total. The van der Waals surface area contributed by atoms with Crippen molar-refractivity contribution < 1.29 is 0 Å². The first-order chi connectivity index (χ1) is 7.67. The summed E-state index contributed by atoms with van der Waals surface area (Å²) in [6, 6.07) is 0.775. The number of hydrogen-bond donors (Lipinski definition) is 1. The Kier molecular flexibility index (Phi) is 6.41. The Morgan fingerprint density at radius 2 is 1.94 bits per heavy atom. The second-order valence-electron chi connectivity index (χ2n) is 6.07. The monoisotopic (exact) mass is 225 g/mol. The zero-order chi connectivity index (χ0) is 12.0. The van der Waals surface area contributed by atoms with E-state index in [1.165, 1.54) is 44.9 Å². The van der Waals surface area contributed by atoms with Crippen LogP contribution in [0.15, 0.2) is 0 Å². The third-order valence-electron chi connectivity index (χ3n) is 4.40. The summed E-state index contributed by atoms with van der Waals surface area (Å²) in [5.74, 6) is 2.80. The van der Waals surface area contributed by atoms with Crippen molar-refractivity contribution in [3.8, 4) is 0 Å². The summed E-state index contributed by atoms with van der Waals surface area (Å²) in [5, 5.41) is 3.57. The summed E-state index contributed by atoms with van der Waals surface area (Å²) < 4.78 is 0. The summed E-state index contributed by atoms with van der Waals surface area (Å²) in [5.41, 5.74) is 0. The highest BCUT2D eigenvalue weighted by molar-refractivity contribution is 4.81. The third kappa shape index (κ3) is 4.45. The van der Waals surface area contributed by atoms with Crippen molar-refractivity contribution in [3.05, 3.63) is 0 Å². The molecule has 0 bridgehead atoms. The van der Waals surface area contributed by atoms with Gasteiger partial charge in [-0.2, -0.15) is 0 Å². The summed E-state index contributed by atoms with van der Waals surface area (Å²) in [7, 11) is 2.15. The molecule has 0 aliphatic heterocycles. The van der Waals surface area contributed by atoms with E-state index in [-0.39, 0.29) is 0 Å². The smallest absolute Gasteiger partial charge is 0.00925 e. The molecule has 0 aromatic rings. The van der Waals surface area contributed by atoms with E-state index in [0.717, 1.165) is 23.8 Å². The molecule has 96 valence electrons. The van der Waals surface area contributed by atoms with Gasteiger partial charge in [0.1, 0.15) is 0 Å². The highest BCUT2D eigenvalue weighted by atomic mass is 14.9. The zero-order valence-corrected chi connectivity index (χ0v) is 11.8. The molecule has 0 aromatic heterocycles. The molecule has 1 saturated carbocycles. The van der Waals surface area contributed by atoms with Gasteiger partial charge in [0.2, 0.25) is 0 Å². The van der Waals surface area contributed by atoms with Crippen LogP contribution in [-0.4, -0.2) is 13.1 Å². The maximum atomic E-state index is 3.57. The standard InChI is InChI=1S/C15H31N/c1-5-13-7-6-8-14(11-13)15(16-4)10-9-12(2)3/h12-16H,5-11H2,1-4H3. The molecule has 16 heavy (non-hydrogen) atoms. The Hall–Kier alpha value is -0.0400. The minimum absolute atomic E-state index is 0.775. The fourth-order valence-corrected chi connectivity index (χ4v) is 3.20. The molecule has 1 rings (SSSR count). The van der Waals surface area contributed by atoms with Crippen LogP contribution in [-0.2, 0) is 0 Å². The van der Waals surface area contributed by atoms with Gasteiger partial charge >= 0.3 is 0 Å². The van der Waals surface area contributed by atoms with E-state index in [1.54, 1.807) is 0 Å². The highest BCUT2D eigenvalue weighted by Crippen LogP contribution is 2.34. The molecule has 0 heterocycles. The number of nitrogens with one attached hydrogen (secondary N) is 1. The molecule has 0 amide bonds. The number of hydrogen-bond acceptors (Lipinski definition) is 1. The SMILES string of the molecule is CCC1CCCC(C(CCC(C)C)NC)C1. The van der Waals surface area contributed by atoms with Crippen molar-refractivity contribution in [1.29, 1.82) is 0 Å². The lowest BCUT2D eigenvalue weighted by Crippen LogP contribution is -2.36. The molecular formula is C15H31N. The minimum atomic E-state index is 0.775. The van der Waals surface area contributed by atoms with Gasteiger partial charge in [-0.15, -0.1) is 0 Å². The molecule has 0 aromatic carbocycles. The van der Waals surface area contributed by atoms with Gasteiger partial charge < -0.3 is 5.32 Å². The van der Waals surface area contributed by atoms with Crippen LogP contribution in [0.1, 0.15) is 65.7 Å². The summed E-state index contributed by atoms with van der Waals surface area (Å²) in [6.07, 6.45) is 10.0. The fourth-order valence-electron chi connectivity index (χ4n) is 3.20. The van der Waals surface area contributed by atoms with E-state index in [2.05, 4.69) is 33.1 Å². The second kappa shape index (κ2) is 7.32. The van der Waals surface area contributed by atoms with Gasteiger partial charge in [0.15, 0.2) is 0 Å². The molecule has 0 spiro atoms. The molecule has 1 heteroatoms. The van der Waals surface area contributed by atoms with Crippen LogP contribution in [0.25, 0.3) is 0 Å². The maximum absolute atomic E-state index is 3.57. The zero-order valence-electron chi connectivity index (χ0n) is 11.8. The van der Waals surface area contributed by atoms with Gasteiger partial charge in [0.05, 0.1) is 0 Å². The lowest BCUT2D eigenvalue weighted by atomic mass is 9.75. The predicted molar refractivity (Wildman–Crippen MR) is 72.7 cm³/mol. The van der Waals surface area contributed by atoms with E-state index >= 15 is 0 Å². The molecule has 1 N–H and O–H groups in total. The van der Waals surface area contributed by atoms with E-state index < -0.39 is 0 Å². The average molecular weight is 225 g/mol. The largest absolute Gasteiger partial charge is 0.317 e. The average Bonchev–Trinajstić information content (AvgIpc) is 2.30.